The molecule has 36 heavy (non-hydrogen) atoms. The molecule has 0 aromatic heterocycles. The van der Waals surface area contributed by atoms with Crippen molar-refractivity contribution in [3.63, 3.8) is 0 Å². The predicted octanol–water partition coefficient (Wildman–Crippen LogP) is 6.12. The predicted molar refractivity (Wildman–Crippen MR) is 61.5 cm³/mol. The lowest BCUT2D eigenvalue weighted by molar-refractivity contribution is -0.483. The number of halogens is 21. The molecule has 0 aliphatic heterocycles. The molecule has 1 rings (SSSR count). The summed E-state index contributed by atoms with van der Waals surface area (Å²) in [5.74, 6) is -59.4. The van der Waals surface area contributed by atoms with E-state index in [1.807, 2.05) is 4.74 Å². The largest absolute Gasteiger partial charge is 0.462 e. The molecule has 1 atom stereocenters. The fraction of sp³-hybridized carbons (Fsp3) is 0.917. The summed E-state index contributed by atoms with van der Waals surface area (Å²) in [6.07, 6.45) is -29.7. The van der Waals surface area contributed by atoms with Crippen LogP contribution in [0.15, 0.2) is 0 Å². The van der Waals surface area contributed by atoms with Crippen molar-refractivity contribution in [1.82, 2.24) is 0 Å². The zero-order valence-corrected chi connectivity index (χ0v) is 15.2. The zero-order valence-electron chi connectivity index (χ0n) is 15.2. The van der Waals surface area contributed by atoms with Crippen LogP contribution in [0.1, 0.15) is 0 Å². The summed E-state index contributed by atoms with van der Waals surface area (Å²) in [7, 11) is 0. The highest BCUT2D eigenvalue weighted by atomic mass is 19.4. The molecular weight excluding hydrogens is 591 g/mol. The molecule has 0 bridgehead atoms. The van der Waals surface area contributed by atoms with Gasteiger partial charge in [0.15, 0.2) is 0 Å². The van der Waals surface area contributed by atoms with Crippen LogP contribution in [0.5, 0.6) is 0 Å². The van der Waals surface area contributed by atoms with Crippen molar-refractivity contribution in [2.45, 2.75) is 66.0 Å². The molecule has 1 fully saturated rings. The Kier molecular flexibility index (Phi) is 6.88. The van der Waals surface area contributed by atoms with E-state index in [2.05, 4.69) is 0 Å². The van der Waals surface area contributed by atoms with E-state index in [4.69, 9.17) is 0 Å². The first kappa shape index (κ1) is 32.0. The number of hydrogen-bond donors (Lipinski definition) is 0. The number of hydrogen-bond acceptors (Lipinski definition) is 3. The Morgan fingerprint density at radius 3 is 1.17 bits per heavy atom. The number of esters is 1. The molecule has 0 radical (unpaired) electrons. The van der Waals surface area contributed by atoms with Crippen molar-refractivity contribution < 1.29 is 106 Å². The molecule has 0 amide bonds. The first-order valence-corrected chi connectivity index (χ1v) is 7.60. The van der Waals surface area contributed by atoms with Crippen molar-refractivity contribution in [2.75, 3.05) is 0 Å². The molecule has 0 N–H and O–H groups in total. The van der Waals surface area contributed by atoms with Crippen molar-refractivity contribution >= 4 is 5.97 Å². The third kappa shape index (κ3) is 3.87. The third-order valence-corrected chi connectivity index (χ3v) is 4.13. The zero-order chi connectivity index (χ0) is 29.6. The first-order valence-electron chi connectivity index (χ1n) is 7.60. The number of rotatable bonds is 5. The maximum absolute atomic E-state index is 13.9. The molecule has 214 valence electrons. The average molecular weight is 592 g/mol. The van der Waals surface area contributed by atoms with Gasteiger partial charge in [-0.25, -0.2) is 4.79 Å². The van der Waals surface area contributed by atoms with Gasteiger partial charge in [0.1, 0.15) is 0 Å². The lowest BCUT2D eigenvalue weighted by atomic mass is 9.80. The maximum Gasteiger partial charge on any atom is 0.462 e. The Morgan fingerprint density at radius 1 is 0.556 bits per heavy atom. The van der Waals surface area contributed by atoms with Crippen molar-refractivity contribution in [3.8, 4) is 0 Å². The molecule has 24 heteroatoms. The summed E-state index contributed by atoms with van der Waals surface area (Å²) in [4.78, 5) is 11.1. The Bertz CT molecular complexity index is 838. The van der Waals surface area contributed by atoms with Crippen LogP contribution in [0.25, 0.3) is 0 Å². The van der Waals surface area contributed by atoms with E-state index in [0.29, 0.717) is 0 Å². The van der Waals surface area contributed by atoms with Gasteiger partial charge in [-0.2, -0.15) is 92.2 Å². The van der Waals surface area contributed by atoms with Gasteiger partial charge in [-0.1, -0.05) is 0 Å². The van der Waals surface area contributed by atoms with E-state index >= 15 is 0 Å². The highest BCUT2D eigenvalue weighted by Gasteiger charge is 2.97. The van der Waals surface area contributed by atoms with Crippen molar-refractivity contribution in [2.24, 2.45) is 0 Å². The summed E-state index contributed by atoms with van der Waals surface area (Å²) in [5, 5.41) is 0. The second kappa shape index (κ2) is 7.74. The van der Waals surface area contributed by atoms with Gasteiger partial charge in [0, 0.05) is 0 Å². The summed E-state index contributed by atoms with van der Waals surface area (Å²) in [6, 6.07) is 0. The summed E-state index contributed by atoms with van der Waals surface area (Å²) >= 11 is 0. The van der Waals surface area contributed by atoms with E-state index in [9.17, 15) is 97.0 Å². The van der Waals surface area contributed by atoms with E-state index in [0.717, 1.165) is 0 Å². The maximum atomic E-state index is 13.9. The number of carbonyl (C=O) groups is 1. The topological polar surface area (TPSA) is 35.5 Å². The standard InChI is InChI=1S/C12HF21O3/c13-3(14)1(4(15,16)7(20,21)8(22,23)6(3,18)19)35-2(34)5(17,10(26,27)28)36-12(32,33)9(24,25)11(29,30)31/h1H. The van der Waals surface area contributed by atoms with Crippen LogP contribution in [-0.4, -0.2) is 71.9 Å². The number of alkyl halides is 21. The minimum absolute atomic E-state index is 1.38. The molecule has 0 spiro atoms. The molecule has 1 aliphatic carbocycles. The van der Waals surface area contributed by atoms with Crippen molar-refractivity contribution in [1.29, 1.82) is 0 Å². The molecule has 3 nitrogen and oxygen atoms in total. The molecule has 0 saturated heterocycles. The van der Waals surface area contributed by atoms with Gasteiger partial charge >= 0.3 is 65.8 Å². The van der Waals surface area contributed by atoms with E-state index < -0.39 is 71.9 Å². The smallest absolute Gasteiger partial charge is 0.444 e. The second-order valence-corrected chi connectivity index (χ2v) is 6.54. The van der Waals surface area contributed by atoms with E-state index in [-0.39, 0.29) is 0 Å². The highest BCUT2D eigenvalue weighted by Crippen LogP contribution is 2.65. The fourth-order valence-corrected chi connectivity index (χ4v) is 2.12. The molecule has 0 aromatic rings. The SMILES string of the molecule is O=C(OC1C(F)(F)C(F)(F)C(F)(F)C(F)(F)C1(F)F)C(F)(OC(F)(F)C(F)(F)C(F)(F)F)C(F)(F)F. The average Bonchev–Trinajstić information content (AvgIpc) is 2.61. The van der Waals surface area contributed by atoms with Crippen LogP contribution in [-0.2, 0) is 14.3 Å². The number of ether oxygens (including phenoxy) is 2. The van der Waals surface area contributed by atoms with Gasteiger partial charge in [-0.3, -0.25) is 4.74 Å². The molecule has 1 aliphatic rings. The van der Waals surface area contributed by atoms with Gasteiger partial charge in [0.25, 0.3) is 0 Å². The Balaban J connectivity index is 3.70. The Hall–Kier alpha value is -2.04. The summed E-state index contributed by atoms with van der Waals surface area (Å²) in [5.41, 5.74) is 0. The molecule has 1 unspecified atom stereocenters. The van der Waals surface area contributed by atoms with Crippen LogP contribution < -0.4 is 0 Å². The molecule has 0 heterocycles. The van der Waals surface area contributed by atoms with Gasteiger partial charge in [-0.05, 0) is 0 Å². The quantitative estimate of drug-likeness (QED) is 0.285. The van der Waals surface area contributed by atoms with Gasteiger partial charge in [0.05, 0.1) is 0 Å². The minimum Gasteiger partial charge on any atom is -0.444 e. The minimum atomic E-state index is -7.92. The van der Waals surface area contributed by atoms with Gasteiger partial charge in [-0.15, -0.1) is 0 Å². The second-order valence-electron chi connectivity index (χ2n) is 6.54. The van der Waals surface area contributed by atoms with Crippen LogP contribution in [0.3, 0.4) is 0 Å². The highest BCUT2D eigenvalue weighted by molar-refractivity contribution is 5.79. The lowest BCUT2D eigenvalue weighted by Gasteiger charge is -2.49. The van der Waals surface area contributed by atoms with Crippen LogP contribution in [0.4, 0.5) is 92.2 Å². The van der Waals surface area contributed by atoms with E-state index in [1.54, 1.807) is 0 Å². The Morgan fingerprint density at radius 2 is 0.889 bits per heavy atom. The molecule has 1 saturated carbocycles. The number of carbonyl (C=O) groups excluding carboxylic acids is 1. The normalized spacial score (nSPS) is 25.7. The van der Waals surface area contributed by atoms with Crippen molar-refractivity contribution in [3.05, 3.63) is 0 Å². The van der Waals surface area contributed by atoms with Crippen LogP contribution in [0.2, 0.25) is 0 Å². The summed E-state index contributed by atoms with van der Waals surface area (Å²) < 4.78 is 275. The fourth-order valence-electron chi connectivity index (χ4n) is 2.12. The molecule has 0 aromatic carbocycles. The van der Waals surface area contributed by atoms with Crippen LogP contribution in [0, 0.1) is 0 Å². The third-order valence-electron chi connectivity index (χ3n) is 4.13. The van der Waals surface area contributed by atoms with Gasteiger partial charge in [0.2, 0.25) is 6.10 Å². The molecular formula is C12HF21O3. The van der Waals surface area contributed by atoms with E-state index in [1.165, 1.54) is 4.74 Å². The first-order chi connectivity index (χ1) is 15.2. The van der Waals surface area contributed by atoms with Crippen LogP contribution >= 0.6 is 0 Å². The Labute approximate surface area is 180 Å². The lowest BCUT2D eigenvalue weighted by Crippen LogP contribution is -2.80. The van der Waals surface area contributed by atoms with Gasteiger partial charge < -0.3 is 4.74 Å². The summed E-state index contributed by atoms with van der Waals surface area (Å²) in [6.45, 7) is 0. The monoisotopic (exact) mass is 592 g/mol.